The van der Waals surface area contributed by atoms with Crippen LogP contribution in [-0.4, -0.2) is 53.0 Å². The molecular formula is C12H17N3O5. The first-order valence-corrected chi connectivity index (χ1v) is 6.32. The van der Waals surface area contributed by atoms with Crippen LogP contribution < -0.4 is 5.32 Å². The maximum atomic E-state index is 12.1. The standard InChI is InChI=1S/C12H17N3O5/c1-8-4-10(20-14-8)6-13-12(18)15-2-3-19-7-9(15)5-11(16)17/h4,9H,2-3,5-7H2,1H3,(H,13,18)(H,16,17). The molecule has 8 nitrogen and oxygen atoms in total. The molecule has 20 heavy (non-hydrogen) atoms. The Kier molecular flexibility index (Phi) is 4.57. The molecule has 110 valence electrons. The Balaban J connectivity index is 1.90. The summed E-state index contributed by atoms with van der Waals surface area (Å²) in [5.41, 5.74) is 0.740. The third-order valence-electron chi connectivity index (χ3n) is 2.99. The van der Waals surface area contributed by atoms with Gasteiger partial charge in [-0.3, -0.25) is 4.79 Å². The van der Waals surface area contributed by atoms with Crippen molar-refractivity contribution in [3.63, 3.8) is 0 Å². The molecular weight excluding hydrogens is 266 g/mol. The topological polar surface area (TPSA) is 105 Å². The van der Waals surface area contributed by atoms with Crippen LogP contribution in [0.5, 0.6) is 0 Å². The molecule has 2 heterocycles. The number of hydrogen-bond acceptors (Lipinski definition) is 5. The van der Waals surface area contributed by atoms with Crippen LogP contribution in [0.4, 0.5) is 4.79 Å². The van der Waals surface area contributed by atoms with Crippen LogP contribution in [-0.2, 0) is 16.1 Å². The molecule has 1 aliphatic rings. The highest BCUT2D eigenvalue weighted by atomic mass is 16.5. The molecule has 0 spiro atoms. The van der Waals surface area contributed by atoms with Crippen LogP contribution in [0.2, 0.25) is 0 Å². The lowest BCUT2D eigenvalue weighted by atomic mass is 10.1. The third-order valence-corrected chi connectivity index (χ3v) is 2.99. The van der Waals surface area contributed by atoms with E-state index in [2.05, 4.69) is 10.5 Å². The van der Waals surface area contributed by atoms with Gasteiger partial charge in [0.05, 0.1) is 37.9 Å². The number of aryl methyl sites for hydroxylation is 1. The number of carbonyl (C=O) groups is 2. The Labute approximate surface area is 115 Å². The quantitative estimate of drug-likeness (QED) is 0.827. The van der Waals surface area contributed by atoms with Gasteiger partial charge in [-0.2, -0.15) is 0 Å². The number of carboxylic acids is 1. The van der Waals surface area contributed by atoms with Crippen molar-refractivity contribution in [1.29, 1.82) is 0 Å². The molecule has 1 aromatic rings. The van der Waals surface area contributed by atoms with Gasteiger partial charge in [-0.05, 0) is 6.92 Å². The number of aliphatic carboxylic acids is 1. The summed E-state index contributed by atoms with van der Waals surface area (Å²) in [5, 5.41) is 15.3. The van der Waals surface area contributed by atoms with Crippen molar-refractivity contribution in [3.05, 3.63) is 17.5 Å². The van der Waals surface area contributed by atoms with Gasteiger partial charge in [-0.1, -0.05) is 5.16 Å². The highest BCUT2D eigenvalue weighted by Gasteiger charge is 2.29. The second-order valence-corrected chi connectivity index (χ2v) is 4.61. The van der Waals surface area contributed by atoms with Crippen molar-refractivity contribution in [2.24, 2.45) is 0 Å². The lowest BCUT2D eigenvalue weighted by molar-refractivity contribution is -0.139. The van der Waals surface area contributed by atoms with Crippen LogP contribution in [0.1, 0.15) is 17.9 Å². The number of morpholine rings is 1. The van der Waals surface area contributed by atoms with E-state index in [9.17, 15) is 9.59 Å². The largest absolute Gasteiger partial charge is 0.481 e. The van der Waals surface area contributed by atoms with Crippen molar-refractivity contribution in [1.82, 2.24) is 15.4 Å². The average Bonchev–Trinajstić information content (AvgIpc) is 2.82. The van der Waals surface area contributed by atoms with E-state index in [1.54, 1.807) is 13.0 Å². The first kappa shape index (κ1) is 14.3. The number of amides is 2. The van der Waals surface area contributed by atoms with Crippen LogP contribution in [0.25, 0.3) is 0 Å². The number of nitrogens with zero attached hydrogens (tertiary/aromatic N) is 2. The molecule has 2 N–H and O–H groups in total. The van der Waals surface area contributed by atoms with Crippen molar-refractivity contribution in [2.75, 3.05) is 19.8 Å². The first-order chi connectivity index (χ1) is 9.56. The Bertz CT molecular complexity index is 487. The van der Waals surface area contributed by atoms with Gasteiger partial charge in [0.2, 0.25) is 0 Å². The summed E-state index contributed by atoms with van der Waals surface area (Å²) >= 11 is 0. The molecule has 1 saturated heterocycles. The van der Waals surface area contributed by atoms with Gasteiger partial charge in [-0.15, -0.1) is 0 Å². The van der Waals surface area contributed by atoms with E-state index in [0.29, 0.717) is 18.9 Å². The van der Waals surface area contributed by atoms with Crippen LogP contribution >= 0.6 is 0 Å². The molecule has 0 aliphatic carbocycles. The summed E-state index contributed by atoms with van der Waals surface area (Å²) in [6.07, 6.45) is -0.130. The summed E-state index contributed by atoms with van der Waals surface area (Å²) in [6.45, 7) is 3.03. The Morgan fingerprint density at radius 2 is 2.40 bits per heavy atom. The van der Waals surface area contributed by atoms with E-state index in [1.807, 2.05) is 0 Å². The van der Waals surface area contributed by atoms with E-state index in [1.165, 1.54) is 4.90 Å². The van der Waals surface area contributed by atoms with Crippen molar-refractivity contribution < 1.29 is 24.0 Å². The van der Waals surface area contributed by atoms with E-state index in [4.69, 9.17) is 14.4 Å². The smallest absolute Gasteiger partial charge is 0.318 e. The van der Waals surface area contributed by atoms with E-state index in [-0.39, 0.29) is 25.6 Å². The van der Waals surface area contributed by atoms with Gasteiger partial charge in [0.25, 0.3) is 0 Å². The van der Waals surface area contributed by atoms with Crippen molar-refractivity contribution >= 4 is 12.0 Å². The summed E-state index contributed by atoms with van der Waals surface area (Å²) < 4.78 is 10.2. The number of urea groups is 1. The Morgan fingerprint density at radius 3 is 3.05 bits per heavy atom. The number of carbonyl (C=O) groups excluding carboxylic acids is 1. The number of carboxylic acid groups (broad SMARTS) is 1. The molecule has 0 radical (unpaired) electrons. The highest BCUT2D eigenvalue weighted by Crippen LogP contribution is 2.11. The second-order valence-electron chi connectivity index (χ2n) is 4.61. The molecule has 1 fully saturated rings. The number of nitrogens with one attached hydrogen (secondary N) is 1. The number of hydrogen-bond donors (Lipinski definition) is 2. The predicted octanol–water partition coefficient (Wildman–Crippen LogP) is 0.368. The molecule has 0 saturated carbocycles. The molecule has 1 unspecified atom stereocenters. The van der Waals surface area contributed by atoms with E-state index >= 15 is 0 Å². The first-order valence-electron chi connectivity index (χ1n) is 6.32. The second kappa shape index (κ2) is 6.38. The molecule has 8 heteroatoms. The molecule has 0 bridgehead atoms. The SMILES string of the molecule is Cc1cc(CNC(=O)N2CCOCC2CC(=O)O)on1. The lowest BCUT2D eigenvalue weighted by Crippen LogP contribution is -2.52. The predicted molar refractivity (Wildman–Crippen MR) is 67.0 cm³/mol. The number of ether oxygens (including phenoxy) is 1. The Morgan fingerprint density at radius 1 is 1.60 bits per heavy atom. The zero-order chi connectivity index (χ0) is 14.5. The van der Waals surface area contributed by atoms with Crippen LogP contribution in [0, 0.1) is 6.92 Å². The van der Waals surface area contributed by atoms with Gasteiger partial charge in [0.1, 0.15) is 0 Å². The van der Waals surface area contributed by atoms with Crippen LogP contribution in [0.15, 0.2) is 10.6 Å². The lowest BCUT2D eigenvalue weighted by Gasteiger charge is -2.34. The molecule has 1 atom stereocenters. The van der Waals surface area contributed by atoms with E-state index < -0.39 is 12.0 Å². The van der Waals surface area contributed by atoms with Gasteiger partial charge in [0, 0.05) is 12.6 Å². The zero-order valence-electron chi connectivity index (χ0n) is 11.2. The van der Waals surface area contributed by atoms with Crippen molar-refractivity contribution in [2.45, 2.75) is 25.9 Å². The summed E-state index contributed by atoms with van der Waals surface area (Å²) in [6, 6.07) is 0.959. The summed E-state index contributed by atoms with van der Waals surface area (Å²) in [5.74, 6) is -0.400. The molecule has 2 rings (SSSR count). The van der Waals surface area contributed by atoms with Gasteiger partial charge < -0.3 is 24.6 Å². The molecule has 0 aromatic carbocycles. The number of rotatable bonds is 4. The van der Waals surface area contributed by atoms with Crippen molar-refractivity contribution in [3.8, 4) is 0 Å². The minimum Gasteiger partial charge on any atom is -0.481 e. The maximum Gasteiger partial charge on any atom is 0.318 e. The zero-order valence-corrected chi connectivity index (χ0v) is 11.2. The molecule has 1 aliphatic heterocycles. The fourth-order valence-corrected chi connectivity index (χ4v) is 2.06. The maximum absolute atomic E-state index is 12.1. The minimum absolute atomic E-state index is 0.130. The summed E-state index contributed by atoms with van der Waals surface area (Å²) in [7, 11) is 0. The number of aromatic nitrogens is 1. The summed E-state index contributed by atoms with van der Waals surface area (Å²) in [4.78, 5) is 24.3. The fraction of sp³-hybridized carbons (Fsp3) is 0.583. The minimum atomic E-state index is -0.954. The normalized spacial score (nSPS) is 18.9. The monoisotopic (exact) mass is 283 g/mol. The molecule has 2 amide bonds. The third kappa shape index (κ3) is 3.70. The van der Waals surface area contributed by atoms with Gasteiger partial charge >= 0.3 is 12.0 Å². The average molecular weight is 283 g/mol. The fourth-order valence-electron chi connectivity index (χ4n) is 2.06. The highest BCUT2D eigenvalue weighted by molar-refractivity contribution is 5.76. The van der Waals surface area contributed by atoms with Gasteiger partial charge in [-0.25, -0.2) is 4.79 Å². The molecule has 1 aromatic heterocycles. The Hall–Kier alpha value is -2.09. The van der Waals surface area contributed by atoms with E-state index in [0.717, 1.165) is 5.69 Å². The van der Waals surface area contributed by atoms with Gasteiger partial charge in [0.15, 0.2) is 5.76 Å². The van der Waals surface area contributed by atoms with Crippen LogP contribution in [0.3, 0.4) is 0 Å².